The van der Waals surface area contributed by atoms with Crippen LogP contribution in [0.1, 0.15) is 60.3 Å². The first-order chi connectivity index (χ1) is 12.5. The zero-order chi connectivity index (χ0) is 20.2. The van der Waals surface area contributed by atoms with Crippen LogP contribution in [0.15, 0.2) is 18.2 Å². The largest absolute Gasteiger partial charge is 0.326 e. The maximum Gasteiger partial charge on any atom is 0.227 e. The summed E-state index contributed by atoms with van der Waals surface area (Å²) in [4.78, 5) is 35.4. The number of nitrogens with one attached hydrogen (secondary N) is 3. The highest BCUT2D eigenvalue weighted by Crippen LogP contribution is 2.40. The van der Waals surface area contributed by atoms with Crippen LogP contribution in [-0.2, 0) is 14.4 Å². The minimum atomic E-state index is -0.215. The lowest BCUT2D eigenvalue weighted by Crippen LogP contribution is -2.31. The monoisotopic (exact) mass is 373 g/mol. The van der Waals surface area contributed by atoms with Crippen LogP contribution in [0.2, 0.25) is 0 Å². The van der Waals surface area contributed by atoms with Gasteiger partial charge < -0.3 is 16.0 Å². The highest BCUT2D eigenvalue weighted by molar-refractivity contribution is 5.97. The van der Waals surface area contributed by atoms with Crippen LogP contribution in [0.5, 0.6) is 0 Å². The number of anilines is 3. The molecule has 1 fully saturated rings. The van der Waals surface area contributed by atoms with Crippen molar-refractivity contribution in [3.8, 4) is 0 Å². The molecular weight excluding hydrogens is 342 g/mol. The van der Waals surface area contributed by atoms with Gasteiger partial charge in [0.1, 0.15) is 0 Å². The number of carbonyl (C=O) groups excluding carboxylic acids is 3. The smallest absolute Gasteiger partial charge is 0.227 e. The standard InChI is InChI=1S/C21H31N3O3/c1-13(25)22-17-10-18(23-14(2)26)12-19(11-17)24-20(27)15-6-8-16(9-7-15)21(3,4)5/h10-12,15-16H,6-9H2,1-5H3,(H,22,25)(H,23,26)(H,24,27)/t15-,16+. The Bertz CT molecular complexity index is 680. The van der Waals surface area contributed by atoms with Gasteiger partial charge in [0.2, 0.25) is 17.7 Å². The van der Waals surface area contributed by atoms with E-state index in [0.717, 1.165) is 25.7 Å². The molecule has 0 radical (unpaired) electrons. The van der Waals surface area contributed by atoms with Gasteiger partial charge in [-0.2, -0.15) is 0 Å². The van der Waals surface area contributed by atoms with E-state index in [1.165, 1.54) is 13.8 Å². The first-order valence-corrected chi connectivity index (χ1v) is 9.55. The molecule has 2 rings (SSSR count). The van der Waals surface area contributed by atoms with E-state index >= 15 is 0 Å². The molecule has 1 aromatic carbocycles. The van der Waals surface area contributed by atoms with E-state index in [4.69, 9.17) is 0 Å². The number of amides is 3. The molecule has 0 unspecified atom stereocenters. The summed E-state index contributed by atoms with van der Waals surface area (Å²) in [6.07, 6.45) is 3.89. The summed E-state index contributed by atoms with van der Waals surface area (Å²) in [6, 6.07) is 5.06. The second-order valence-corrected chi connectivity index (χ2v) is 8.57. The van der Waals surface area contributed by atoms with Gasteiger partial charge in [0.15, 0.2) is 0 Å². The van der Waals surface area contributed by atoms with E-state index in [-0.39, 0.29) is 29.1 Å². The molecule has 1 saturated carbocycles. The van der Waals surface area contributed by atoms with Crippen molar-refractivity contribution in [1.29, 1.82) is 0 Å². The zero-order valence-corrected chi connectivity index (χ0v) is 16.9. The van der Waals surface area contributed by atoms with Crippen LogP contribution in [0.3, 0.4) is 0 Å². The summed E-state index contributed by atoms with van der Waals surface area (Å²) >= 11 is 0. The summed E-state index contributed by atoms with van der Waals surface area (Å²) < 4.78 is 0. The number of carbonyl (C=O) groups is 3. The van der Waals surface area contributed by atoms with E-state index in [2.05, 4.69) is 36.7 Å². The molecule has 27 heavy (non-hydrogen) atoms. The Morgan fingerprint density at radius 3 is 1.56 bits per heavy atom. The van der Waals surface area contributed by atoms with Gasteiger partial charge in [-0.3, -0.25) is 14.4 Å². The SMILES string of the molecule is CC(=O)Nc1cc(NC(C)=O)cc(NC(=O)[C@H]2CC[C@@H](C(C)(C)C)CC2)c1. The topological polar surface area (TPSA) is 87.3 Å². The lowest BCUT2D eigenvalue weighted by molar-refractivity contribution is -0.121. The number of rotatable bonds is 4. The zero-order valence-electron chi connectivity index (χ0n) is 16.9. The Balaban J connectivity index is 2.08. The predicted octanol–water partition coefficient (Wildman–Crippen LogP) is 4.39. The lowest BCUT2D eigenvalue weighted by atomic mass is 9.69. The van der Waals surface area contributed by atoms with Gasteiger partial charge in [-0.15, -0.1) is 0 Å². The first-order valence-electron chi connectivity index (χ1n) is 9.55. The second kappa shape index (κ2) is 8.55. The molecule has 6 nitrogen and oxygen atoms in total. The van der Waals surface area contributed by atoms with Gasteiger partial charge in [0.25, 0.3) is 0 Å². The highest BCUT2D eigenvalue weighted by atomic mass is 16.2. The Morgan fingerprint density at radius 2 is 1.19 bits per heavy atom. The van der Waals surface area contributed by atoms with E-state index in [1.54, 1.807) is 18.2 Å². The van der Waals surface area contributed by atoms with E-state index in [0.29, 0.717) is 23.0 Å². The van der Waals surface area contributed by atoms with Crippen molar-refractivity contribution in [3.05, 3.63) is 18.2 Å². The van der Waals surface area contributed by atoms with Gasteiger partial charge in [-0.05, 0) is 55.2 Å². The van der Waals surface area contributed by atoms with Crippen LogP contribution in [-0.4, -0.2) is 17.7 Å². The van der Waals surface area contributed by atoms with Gasteiger partial charge in [-0.1, -0.05) is 20.8 Å². The van der Waals surface area contributed by atoms with E-state index < -0.39 is 0 Å². The van der Waals surface area contributed by atoms with Crippen molar-refractivity contribution in [1.82, 2.24) is 0 Å². The summed E-state index contributed by atoms with van der Waals surface area (Å²) in [5.74, 6) is 0.213. The van der Waals surface area contributed by atoms with Crippen LogP contribution in [0.4, 0.5) is 17.1 Å². The summed E-state index contributed by atoms with van der Waals surface area (Å²) in [7, 11) is 0. The molecule has 1 aromatic rings. The molecule has 1 aliphatic rings. The van der Waals surface area contributed by atoms with Crippen molar-refractivity contribution in [2.75, 3.05) is 16.0 Å². The summed E-state index contributed by atoms with van der Waals surface area (Å²) in [5.41, 5.74) is 1.90. The predicted molar refractivity (Wildman–Crippen MR) is 109 cm³/mol. The third-order valence-electron chi connectivity index (χ3n) is 5.16. The number of hydrogen-bond acceptors (Lipinski definition) is 3. The minimum absolute atomic E-state index is 0.00256. The molecule has 1 aliphatic carbocycles. The molecule has 0 atom stereocenters. The third kappa shape index (κ3) is 6.38. The minimum Gasteiger partial charge on any atom is -0.326 e. The van der Waals surface area contributed by atoms with Gasteiger partial charge in [0, 0.05) is 36.8 Å². The second-order valence-electron chi connectivity index (χ2n) is 8.57. The van der Waals surface area contributed by atoms with Crippen LogP contribution < -0.4 is 16.0 Å². The maximum absolute atomic E-state index is 12.7. The molecule has 0 aliphatic heterocycles. The van der Waals surface area contributed by atoms with Crippen molar-refractivity contribution in [3.63, 3.8) is 0 Å². The van der Waals surface area contributed by atoms with Crippen molar-refractivity contribution < 1.29 is 14.4 Å². The lowest BCUT2D eigenvalue weighted by Gasteiger charge is -2.36. The van der Waals surface area contributed by atoms with Gasteiger partial charge in [0.05, 0.1) is 0 Å². The van der Waals surface area contributed by atoms with Gasteiger partial charge >= 0.3 is 0 Å². The molecule has 3 amide bonds. The van der Waals surface area contributed by atoms with E-state index in [1.807, 2.05) is 0 Å². The average molecular weight is 373 g/mol. The van der Waals surface area contributed by atoms with E-state index in [9.17, 15) is 14.4 Å². The highest BCUT2D eigenvalue weighted by Gasteiger charge is 2.32. The molecule has 0 heterocycles. The third-order valence-corrected chi connectivity index (χ3v) is 5.16. The Labute approximate surface area is 161 Å². The molecule has 0 aromatic heterocycles. The molecule has 6 heteroatoms. The fraction of sp³-hybridized carbons (Fsp3) is 0.571. The van der Waals surface area contributed by atoms with Crippen molar-refractivity contribution in [2.24, 2.45) is 17.3 Å². The maximum atomic E-state index is 12.7. The molecular formula is C21H31N3O3. The van der Waals surface area contributed by atoms with Crippen LogP contribution in [0.25, 0.3) is 0 Å². The Morgan fingerprint density at radius 1 is 0.778 bits per heavy atom. The first kappa shape index (κ1) is 20.9. The Hall–Kier alpha value is -2.37. The quantitative estimate of drug-likeness (QED) is 0.731. The average Bonchev–Trinajstić information content (AvgIpc) is 2.52. The van der Waals surface area contributed by atoms with Gasteiger partial charge in [-0.25, -0.2) is 0 Å². The summed E-state index contributed by atoms with van der Waals surface area (Å²) in [6.45, 7) is 9.60. The van der Waals surface area contributed by atoms with Crippen LogP contribution >= 0.6 is 0 Å². The number of hydrogen-bond donors (Lipinski definition) is 3. The number of benzene rings is 1. The Kier molecular flexibility index (Phi) is 6.63. The summed E-state index contributed by atoms with van der Waals surface area (Å²) in [5, 5.41) is 8.34. The fourth-order valence-corrected chi connectivity index (χ4v) is 3.72. The molecule has 0 spiro atoms. The van der Waals surface area contributed by atoms with Crippen molar-refractivity contribution in [2.45, 2.75) is 60.3 Å². The molecule has 148 valence electrons. The van der Waals surface area contributed by atoms with Crippen LogP contribution in [0, 0.1) is 17.3 Å². The normalized spacial score (nSPS) is 19.9. The molecule has 0 bridgehead atoms. The van der Waals surface area contributed by atoms with Crippen molar-refractivity contribution >= 4 is 34.8 Å². The fourth-order valence-electron chi connectivity index (χ4n) is 3.72. The molecule has 0 saturated heterocycles. The molecule has 3 N–H and O–H groups in total.